The van der Waals surface area contributed by atoms with Crippen LogP contribution in [0, 0.1) is 11.2 Å². The topological polar surface area (TPSA) is 15.3 Å². The highest BCUT2D eigenvalue weighted by atomic mass is 19.1. The maximum absolute atomic E-state index is 13.1. The van der Waals surface area contributed by atoms with Crippen molar-refractivity contribution in [2.75, 3.05) is 13.1 Å². The highest BCUT2D eigenvalue weighted by molar-refractivity contribution is 5.17. The van der Waals surface area contributed by atoms with Gasteiger partial charge in [0.1, 0.15) is 5.82 Å². The summed E-state index contributed by atoms with van der Waals surface area (Å²) in [6.07, 6.45) is 1.11. The molecule has 2 atom stereocenters. The molecule has 1 heterocycles. The van der Waals surface area contributed by atoms with Gasteiger partial charge >= 0.3 is 0 Å². The van der Waals surface area contributed by atoms with E-state index in [1.54, 1.807) is 12.1 Å². The zero-order chi connectivity index (χ0) is 15.7. The zero-order valence-corrected chi connectivity index (χ0v) is 14.0. The standard InChI is InChI=1S/C18H29FN2/c1-6-18(5)13-20-16(17(2,3)4)12-21(18)11-14-7-9-15(19)10-8-14/h7-10,16,20H,6,11-13H2,1-5H3. The summed E-state index contributed by atoms with van der Waals surface area (Å²) >= 11 is 0. The molecule has 1 aliphatic rings. The zero-order valence-electron chi connectivity index (χ0n) is 14.0. The molecule has 1 aromatic rings. The third-order valence-electron chi connectivity index (χ3n) is 4.99. The molecule has 0 amide bonds. The molecule has 2 rings (SSSR count). The number of hydrogen-bond acceptors (Lipinski definition) is 2. The number of rotatable bonds is 3. The van der Waals surface area contributed by atoms with E-state index in [9.17, 15) is 4.39 Å². The summed E-state index contributed by atoms with van der Waals surface area (Å²) in [7, 11) is 0. The summed E-state index contributed by atoms with van der Waals surface area (Å²) in [5.41, 5.74) is 1.59. The molecular formula is C18H29FN2. The molecule has 1 fully saturated rings. The molecule has 0 radical (unpaired) electrons. The van der Waals surface area contributed by atoms with Gasteiger partial charge in [0.15, 0.2) is 0 Å². The van der Waals surface area contributed by atoms with Gasteiger partial charge in [-0.05, 0) is 36.5 Å². The van der Waals surface area contributed by atoms with Gasteiger partial charge in [-0.2, -0.15) is 0 Å². The summed E-state index contributed by atoms with van der Waals surface area (Å²) in [5.74, 6) is -0.162. The van der Waals surface area contributed by atoms with Gasteiger partial charge < -0.3 is 5.32 Å². The van der Waals surface area contributed by atoms with Gasteiger partial charge in [-0.3, -0.25) is 4.90 Å². The van der Waals surface area contributed by atoms with Crippen molar-refractivity contribution in [3.8, 4) is 0 Å². The van der Waals surface area contributed by atoms with Crippen LogP contribution in [0.4, 0.5) is 4.39 Å². The maximum atomic E-state index is 13.1. The van der Waals surface area contributed by atoms with Crippen molar-refractivity contribution in [3.05, 3.63) is 35.6 Å². The number of benzene rings is 1. The van der Waals surface area contributed by atoms with Gasteiger partial charge in [-0.1, -0.05) is 39.8 Å². The highest BCUT2D eigenvalue weighted by Gasteiger charge is 2.39. The minimum absolute atomic E-state index is 0.162. The van der Waals surface area contributed by atoms with Crippen molar-refractivity contribution >= 4 is 0 Å². The molecule has 21 heavy (non-hydrogen) atoms. The van der Waals surface area contributed by atoms with E-state index < -0.39 is 0 Å². The molecule has 1 aliphatic heterocycles. The van der Waals surface area contributed by atoms with Crippen LogP contribution in [0.3, 0.4) is 0 Å². The Balaban J connectivity index is 2.16. The molecule has 0 spiro atoms. The van der Waals surface area contributed by atoms with Crippen LogP contribution in [-0.2, 0) is 6.54 Å². The monoisotopic (exact) mass is 292 g/mol. The van der Waals surface area contributed by atoms with Crippen LogP contribution in [0.15, 0.2) is 24.3 Å². The Morgan fingerprint density at radius 3 is 2.43 bits per heavy atom. The van der Waals surface area contributed by atoms with Crippen LogP contribution in [0.5, 0.6) is 0 Å². The minimum Gasteiger partial charge on any atom is -0.310 e. The molecule has 0 bridgehead atoms. The number of nitrogens with zero attached hydrogens (tertiary/aromatic N) is 1. The van der Waals surface area contributed by atoms with Crippen molar-refractivity contribution in [3.63, 3.8) is 0 Å². The first-order valence-electron chi connectivity index (χ1n) is 7.97. The predicted molar refractivity (Wildman–Crippen MR) is 86.8 cm³/mol. The summed E-state index contributed by atoms with van der Waals surface area (Å²) in [6.45, 7) is 14.4. The van der Waals surface area contributed by atoms with E-state index >= 15 is 0 Å². The Morgan fingerprint density at radius 1 is 1.29 bits per heavy atom. The van der Waals surface area contributed by atoms with E-state index in [-0.39, 0.29) is 16.8 Å². The van der Waals surface area contributed by atoms with Crippen LogP contribution in [0.2, 0.25) is 0 Å². The first-order chi connectivity index (χ1) is 9.74. The van der Waals surface area contributed by atoms with E-state index in [0.717, 1.165) is 26.1 Å². The molecule has 0 saturated carbocycles. The van der Waals surface area contributed by atoms with E-state index in [1.165, 1.54) is 5.56 Å². The molecule has 0 aromatic heterocycles. The molecule has 2 nitrogen and oxygen atoms in total. The lowest BCUT2D eigenvalue weighted by Crippen LogP contribution is -2.65. The predicted octanol–water partition coefficient (Wildman–Crippen LogP) is 3.81. The summed E-state index contributed by atoms with van der Waals surface area (Å²) in [4.78, 5) is 2.56. The molecule has 0 aliphatic carbocycles. The van der Waals surface area contributed by atoms with Crippen LogP contribution < -0.4 is 5.32 Å². The van der Waals surface area contributed by atoms with E-state index in [4.69, 9.17) is 0 Å². The molecule has 1 saturated heterocycles. The largest absolute Gasteiger partial charge is 0.310 e. The second-order valence-corrected chi connectivity index (χ2v) is 7.66. The first kappa shape index (κ1) is 16.4. The highest BCUT2D eigenvalue weighted by Crippen LogP contribution is 2.30. The minimum atomic E-state index is -0.162. The molecule has 2 unspecified atom stereocenters. The van der Waals surface area contributed by atoms with Crippen molar-refractivity contribution < 1.29 is 4.39 Å². The van der Waals surface area contributed by atoms with Crippen LogP contribution in [0.25, 0.3) is 0 Å². The Bertz CT molecular complexity index is 463. The normalized spacial score (nSPS) is 27.8. The second kappa shape index (κ2) is 6.05. The molecule has 3 heteroatoms. The van der Waals surface area contributed by atoms with E-state index in [2.05, 4.69) is 44.8 Å². The average molecular weight is 292 g/mol. The van der Waals surface area contributed by atoms with Crippen molar-refractivity contribution in [2.24, 2.45) is 5.41 Å². The number of piperazine rings is 1. The first-order valence-corrected chi connectivity index (χ1v) is 7.97. The van der Waals surface area contributed by atoms with Crippen molar-refractivity contribution in [2.45, 2.75) is 59.2 Å². The summed E-state index contributed by atoms with van der Waals surface area (Å²) < 4.78 is 13.1. The Kier molecular flexibility index (Phi) is 4.74. The van der Waals surface area contributed by atoms with Gasteiger partial charge in [0.05, 0.1) is 0 Å². The van der Waals surface area contributed by atoms with E-state index in [1.807, 2.05) is 12.1 Å². The fourth-order valence-corrected chi connectivity index (χ4v) is 2.95. The number of hydrogen-bond donors (Lipinski definition) is 1. The van der Waals surface area contributed by atoms with Crippen LogP contribution in [-0.4, -0.2) is 29.6 Å². The van der Waals surface area contributed by atoms with E-state index in [0.29, 0.717) is 6.04 Å². The van der Waals surface area contributed by atoms with Crippen molar-refractivity contribution in [1.82, 2.24) is 10.2 Å². The van der Waals surface area contributed by atoms with Crippen molar-refractivity contribution in [1.29, 1.82) is 0 Å². The van der Waals surface area contributed by atoms with Gasteiger partial charge in [0, 0.05) is 31.2 Å². The van der Waals surface area contributed by atoms with Crippen LogP contribution >= 0.6 is 0 Å². The molecular weight excluding hydrogens is 263 g/mol. The third kappa shape index (κ3) is 3.83. The Morgan fingerprint density at radius 2 is 1.90 bits per heavy atom. The summed E-state index contributed by atoms with van der Waals surface area (Å²) in [5, 5.41) is 3.72. The molecule has 1 N–H and O–H groups in total. The fourth-order valence-electron chi connectivity index (χ4n) is 2.95. The number of nitrogens with one attached hydrogen (secondary N) is 1. The number of halogens is 1. The lowest BCUT2D eigenvalue weighted by Gasteiger charge is -2.51. The molecule has 1 aromatic carbocycles. The Hall–Kier alpha value is -0.930. The fraction of sp³-hybridized carbons (Fsp3) is 0.667. The smallest absolute Gasteiger partial charge is 0.123 e. The SMILES string of the molecule is CCC1(C)CNC(C(C)(C)C)CN1Cc1ccc(F)cc1. The average Bonchev–Trinajstić information content (AvgIpc) is 2.42. The van der Waals surface area contributed by atoms with Gasteiger partial charge in [0.2, 0.25) is 0 Å². The maximum Gasteiger partial charge on any atom is 0.123 e. The summed E-state index contributed by atoms with van der Waals surface area (Å²) in [6, 6.07) is 7.40. The quantitative estimate of drug-likeness (QED) is 0.911. The molecule has 118 valence electrons. The second-order valence-electron chi connectivity index (χ2n) is 7.66. The van der Waals surface area contributed by atoms with Gasteiger partial charge in [-0.25, -0.2) is 4.39 Å². The Labute approximate surface area is 128 Å². The lowest BCUT2D eigenvalue weighted by molar-refractivity contribution is 0.0157. The van der Waals surface area contributed by atoms with Crippen LogP contribution in [0.1, 0.15) is 46.6 Å². The lowest BCUT2D eigenvalue weighted by atomic mass is 9.81. The van der Waals surface area contributed by atoms with Gasteiger partial charge in [0.25, 0.3) is 0 Å². The third-order valence-corrected chi connectivity index (χ3v) is 4.99. The van der Waals surface area contributed by atoms with Gasteiger partial charge in [-0.15, -0.1) is 0 Å².